The van der Waals surface area contributed by atoms with E-state index in [4.69, 9.17) is 4.74 Å². The summed E-state index contributed by atoms with van der Waals surface area (Å²) in [4.78, 5) is 24.2. The number of carbonyl (C=O) groups excluding carboxylic acids is 2. The highest BCUT2D eigenvalue weighted by Gasteiger charge is 2.14. The van der Waals surface area contributed by atoms with Crippen molar-refractivity contribution in [2.45, 2.75) is 13.5 Å². The molecule has 1 amide bonds. The number of nitrogens with zero attached hydrogens (tertiary/aromatic N) is 1. The van der Waals surface area contributed by atoms with Gasteiger partial charge >= 0.3 is 5.97 Å². The molecule has 0 aliphatic heterocycles. The standard InChI is InChI=1S/C19H18N2O3/c1-13-11-14-7-3-6-10-17(14)21(13)12-18(22)20-16-9-5-4-8-15(16)19(23)24-2/h3-11H,12H2,1-2H3,(H,20,22). The normalized spacial score (nSPS) is 10.6. The molecule has 0 radical (unpaired) electrons. The number of rotatable bonds is 4. The number of ether oxygens (including phenoxy) is 1. The van der Waals surface area contributed by atoms with E-state index < -0.39 is 5.97 Å². The Morgan fingerprint density at radius 2 is 1.79 bits per heavy atom. The second kappa shape index (κ2) is 6.58. The molecule has 0 unspecified atom stereocenters. The highest BCUT2D eigenvalue weighted by atomic mass is 16.5. The fourth-order valence-electron chi connectivity index (χ4n) is 2.77. The van der Waals surface area contributed by atoms with E-state index in [1.807, 2.05) is 41.8 Å². The topological polar surface area (TPSA) is 60.3 Å². The summed E-state index contributed by atoms with van der Waals surface area (Å²) < 4.78 is 6.70. The summed E-state index contributed by atoms with van der Waals surface area (Å²) >= 11 is 0. The third-order valence-corrected chi connectivity index (χ3v) is 3.93. The van der Waals surface area contributed by atoms with Gasteiger partial charge in [0, 0.05) is 11.2 Å². The van der Waals surface area contributed by atoms with E-state index in [0.29, 0.717) is 11.3 Å². The van der Waals surface area contributed by atoms with E-state index in [-0.39, 0.29) is 12.5 Å². The maximum atomic E-state index is 12.5. The molecule has 5 nitrogen and oxygen atoms in total. The molecule has 0 bridgehead atoms. The number of fused-ring (bicyclic) bond motifs is 1. The molecule has 1 heterocycles. The summed E-state index contributed by atoms with van der Waals surface area (Å²) in [5.74, 6) is -0.677. The minimum Gasteiger partial charge on any atom is -0.465 e. The molecule has 0 saturated carbocycles. The molecule has 122 valence electrons. The van der Waals surface area contributed by atoms with Gasteiger partial charge in [0.2, 0.25) is 5.91 Å². The van der Waals surface area contributed by atoms with E-state index in [1.165, 1.54) is 7.11 Å². The monoisotopic (exact) mass is 322 g/mol. The summed E-state index contributed by atoms with van der Waals surface area (Å²) in [6.07, 6.45) is 0. The summed E-state index contributed by atoms with van der Waals surface area (Å²) in [7, 11) is 1.32. The summed E-state index contributed by atoms with van der Waals surface area (Å²) in [6, 6.07) is 16.8. The molecule has 2 aromatic carbocycles. The first-order valence-electron chi connectivity index (χ1n) is 7.62. The minimum atomic E-state index is -0.478. The van der Waals surface area contributed by atoms with Gasteiger partial charge in [-0.1, -0.05) is 30.3 Å². The Bertz CT molecular complexity index is 912. The van der Waals surface area contributed by atoms with Gasteiger partial charge in [-0.25, -0.2) is 4.79 Å². The maximum Gasteiger partial charge on any atom is 0.339 e. The fraction of sp³-hybridized carbons (Fsp3) is 0.158. The van der Waals surface area contributed by atoms with E-state index in [0.717, 1.165) is 16.6 Å². The van der Waals surface area contributed by atoms with Gasteiger partial charge in [-0.15, -0.1) is 0 Å². The van der Waals surface area contributed by atoms with Crippen LogP contribution in [0.15, 0.2) is 54.6 Å². The van der Waals surface area contributed by atoms with Crippen LogP contribution in [0.25, 0.3) is 10.9 Å². The molecule has 1 aromatic heterocycles. The molecule has 3 rings (SSSR count). The lowest BCUT2D eigenvalue weighted by Crippen LogP contribution is -2.21. The average molecular weight is 322 g/mol. The van der Waals surface area contributed by atoms with Crippen molar-refractivity contribution in [3.8, 4) is 0 Å². The SMILES string of the molecule is COC(=O)c1ccccc1NC(=O)Cn1c(C)cc2ccccc21. The van der Waals surface area contributed by atoms with Crippen LogP contribution in [-0.2, 0) is 16.1 Å². The number of benzene rings is 2. The number of hydrogen-bond acceptors (Lipinski definition) is 3. The van der Waals surface area contributed by atoms with E-state index in [1.54, 1.807) is 24.3 Å². The number of amides is 1. The van der Waals surface area contributed by atoms with Gasteiger partial charge in [0.25, 0.3) is 0 Å². The first-order chi connectivity index (χ1) is 11.6. The van der Waals surface area contributed by atoms with Crippen LogP contribution < -0.4 is 5.32 Å². The van der Waals surface area contributed by atoms with Crippen molar-refractivity contribution >= 4 is 28.5 Å². The lowest BCUT2D eigenvalue weighted by molar-refractivity contribution is -0.116. The van der Waals surface area contributed by atoms with E-state index in [9.17, 15) is 9.59 Å². The largest absolute Gasteiger partial charge is 0.465 e. The molecule has 0 spiro atoms. The maximum absolute atomic E-state index is 12.5. The van der Waals surface area contributed by atoms with Gasteiger partial charge < -0.3 is 14.6 Å². The predicted molar refractivity (Wildman–Crippen MR) is 93.1 cm³/mol. The first kappa shape index (κ1) is 15.8. The Hall–Kier alpha value is -3.08. The highest BCUT2D eigenvalue weighted by molar-refractivity contribution is 6.01. The Balaban J connectivity index is 1.84. The van der Waals surface area contributed by atoms with Crippen LogP contribution in [0.2, 0.25) is 0 Å². The second-order valence-corrected chi connectivity index (χ2v) is 5.52. The molecule has 0 fully saturated rings. The van der Waals surface area contributed by atoms with Gasteiger partial charge in [0.1, 0.15) is 6.54 Å². The molecule has 0 atom stereocenters. The van der Waals surface area contributed by atoms with Crippen molar-refractivity contribution in [3.05, 3.63) is 65.9 Å². The van der Waals surface area contributed by atoms with Gasteiger partial charge in [0.05, 0.1) is 18.4 Å². The number of anilines is 1. The van der Waals surface area contributed by atoms with Crippen LogP contribution in [0.4, 0.5) is 5.69 Å². The van der Waals surface area contributed by atoms with Gasteiger partial charge in [0.15, 0.2) is 0 Å². The number of carbonyl (C=O) groups is 2. The first-order valence-corrected chi connectivity index (χ1v) is 7.62. The summed E-state index contributed by atoms with van der Waals surface area (Å²) in [5, 5.41) is 3.89. The van der Waals surface area contributed by atoms with Crippen molar-refractivity contribution in [3.63, 3.8) is 0 Å². The highest BCUT2D eigenvalue weighted by Crippen LogP contribution is 2.20. The zero-order valence-electron chi connectivity index (χ0n) is 13.6. The number of esters is 1. The molecule has 3 aromatic rings. The smallest absolute Gasteiger partial charge is 0.339 e. The van der Waals surface area contributed by atoms with Crippen molar-refractivity contribution in [2.75, 3.05) is 12.4 Å². The predicted octanol–water partition coefficient (Wildman–Crippen LogP) is 3.38. The average Bonchev–Trinajstić information content (AvgIpc) is 2.90. The quantitative estimate of drug-likeness (QED) is 0.749. The second-order valence-electron chi connectivity index (χ2n) is 5.52. The van der Waals surface area contributed by atoms with Crippen molar-refractivity contribution in [2.24, 2.45) is 0 Å². The minimum absolute atomic E-state index is 0.175. The number of aromatic nitrogens is 1. The third-order valence-electron chi connectivity index (χ3n) is 3.93. The fourth-order valence-corrected chi connectivity index (χ4v) is 2.77. The van der Waals surface area contributed by atoms with Crippen molar-refractivity contribution in [1.82, 2.24) is 4.57 Å². The third kappa shape index (κ3) is 3.01. The van der Waals surface area contributed by atoms with Crippen LogP contribution in [0.1, 0.15) is 16.1 Å². The number of aryl methyl sites for hydroxylation is 1. The van der Waals surface area contributed by atoms with Crippen LogP contribution in [0.5, 0.6) is 0 Å². The molecule has 0 saturated heterocycles. The summed E-state index contributed by atoms with van der Waals surface area (Å²) in [6.45, 7) is 2.14. The lowest BCUT2D eigenvalue weighted by Gasteiger charge is -2.11. The van der Waals surface area contributed by atoms with Gasteiger partial charge in [-0.2, -0.15) is 0 Å². The number of hydrogen-bond donors (Lipinski definition) is 1. The van der Waals surface area contributed by atoms with Crippen LogP contribution in [0.3, 0.4) is 0 Å². The van der Waals surface area contributed by atoms with E-state index in [2.05, 4.69) is 5.32 Å². The summed E-state index contributed by atoms with van der Waals surface area (Å²) in [5.41, 5.74) is 2.80. The Morgan fingerprint density at radius 3 is 2.58 bits per heavy atom. The molecule has 5 heteroatoms. The van der Waals surface area contributed by atoms with Crippen LogP contribution >= 0.6 is 0 Å². The zero-order valence-corrected chi connectivity index (χ0v) is 13.6. The van der Waals surface area contributed by atoms with Gasteiger partial charge in [-0.3, -0.25) is 4.79 Å². The number of nitrogens with one attached hydrogen (secondary N) is 1. The Labute approximate surface area is 139 Å². The molecular weight excluding hydrogens is 304 g/mol. The molecule has 1 N–H and O–H groups in total. The van der Waals surface area contributed by atoms with Crippen molar-refractivity contribution in [1.29, 1.82) is 0 Å². The van der Waals surface area contributed by atoms with Crippen molar-refractivity contribution < 1.29 is 14.3 Å². The number of para-hydroxylation sites is 2. The Morgan fingerprint density at radius 1 is 1.08 bits per heavy atom. The molecular formula is C19H18N2O3. The molecule has 0 aliphatic carbocycles. The van der Waals surface area contributed by atoms with Gasteiger partial charge in [-0.05, 0) is 36.6 Å². The molecule has 0 aliphatic rings. The lowest BCUT2D eigenvalue weighted by atomic mass is 10.2. The van der Waals surface area contributed by atoms with E-state index >= 15 is 0 Å². The van der Waals surface area contributed by atoms with Crippen LogP contribution in [0, 0.1) is 6.92 Å². The van der Waals surface area contributed by atoms with Crippen LogP contribution in [-0.4, -0.2) is 23.6 Å². The number of methoxy groups -OCH3 is 1. The zero-order chi connectivity index (χ0) is 17.1. The Kier molecular flexibility index (Phi) is 4.33. The molecule has 24 heavy (non-hydrogen) atoms.